The number of aliphatic imine (C=N–C) groups is 1. The van der Waals surface area contributed by atoms with E-state index < -0.39 is 0 Å². The van der Waals surface area contributed by atoms with Gasteiger partial charge in [-0.1, -0.05) is 13.8 Å². The highest BCUT2D eigenvalue weighted by molar-refractivity contribution is 5.73. The molecule has 1 aliphatic rings. The molecule has 1 aliphatic heterocycles. The van der Waals surface area contributed by atoms with Crippen LogP contribution in [0.1, 0.15) is 27.2 Å². The third kappa shape index (κ3) is 2.10. The molecule has 0 saturated carbocycles. The lowest BCUT2D eigenvalue weighted by Crippen LogP contribution is -2.25. The highest BCUT2D eigenvalue weighted by Gasteiger charge is 2.31. The molecular formula is C8H16N2O. The van der Waals surface area contributed by atoms with Crippen molar-refractivity contribution < 1.29 is 4.74 Å². The molecule has 0 aromatic rings. The quantitative estimate of drug-likeness (QED) is 0.651. The molecule has 0 fully saturated rings. The molecule has 0 aromatic carbocycles. The molecule has 64 valence electrons. The fourth-order valence-electron chi connectivity index (χ4n) is 1.54. The predicted octanol–water partition coefficient (Wildman–Crippen LogP) is 1.14. The van der Waals surface area contributed by atoms with Gasteiger partial charge in [-0.25, -0.2) is 4.99 Å². The van der Waals surface area contributed by atoms with E-state index in [1.165, 1.54) is 0 Å². The first kappa shape index (κ1) is 8.37. The van der Waals surface area contributed by atoms with Crippen LogP contribution < -0.4 is 5.73 Å². The van der Waals surface area contributed by atoms with Gasteiger partial charge in [-0.3, -0.25) is 0 Å². The highest BCUT2D eigenvalue weighted by atomic mass is 16.5. The van der Waals surface area contributed by atoms with Crippen LogP contribution in [0.25, 0.3) is 0 Å². The van der Waals surface area contributed by atoms with E-state index in [-0.39, 0.29) is 5.54 Å². The van der Waals surface area contributed by atoms with E-state index in [0.29, 0.717) is 18.5 Å². The number of amidine groups is 1. The molecule has 0 spiro atoms. The fourth-order valence-corrected chi connectivity index (χ4v) is 1.54. The minimum Gasteiger partial charge on any atom is -0.463 e. The second-order valence-corrected chi connectivity index (χ2v) is 3.83. The van der Waals surface area contributed by atoms with Crippen LogP contribution in [0.4, 0.5) is 0 Å². The van der Waals surface area contributed by atoms with E-state index in [1.807, 2.05) is 0 Å². The third-order valence-corrected chi connectivity index (χ3v) is 1.76. The zero-order valence-electron chi connectivity index (χ0n) is 7.42. The molecule has 1 atom stereocenters. The molecule has 0 saturated heterocycles. The Kier molecular flexibility index (Phi) is 2.07. The van der Waals surface area contributed by atoms with Gasteiger partial charge in [-0.2, -0.15) is 0 Å². The predicted molar refractivity (Wildman–Crippen MR) is 45.4 cm³/mol. The van der Waals surface area contributed by atoms with Crippen molar-refractivity contribution in [3.63, 3.8) is 0 Å². The number of rotatable bonds is 2. The maximum Gasteiger partial charge on any atom is 0.282 e. The average molecular weight is 156 g/mol. The van der Waals surface area contributed by atoms with Crippen molar-refractivity contribution >= 4 is 6.02 Å². The van der Waals surface area contributed by atoms with Crippen molar-refractivity contribution in [3.8, 4) is 0 Å². The summed E-state index contributed by atoms with van der Waals surface area (Å²) < 4.78 is 5.10. The third-order valence-electron chi connectivity index (χ3n) is 1.76. The Bertz CT molecular complexity index is 177. The Morgan fingerprint density at radius 3 is 2.73 bits per heavy atom. The van der Waals surface area contributed by atoms with Gasteiger partial charge in [0.2, 0.25) is 0 Å². The van der Waals surface area contributed by atoms with Gasteiger partial charge in [0.15, 0.2) is 0 Å². The van der Waals surface area contributed by atoms with Gasteiger partial charge in [-0.05, 0) is 19.3 Å². The van der Waals surface area contributed by atoms with Gasteiger partial charge >= 0.3 is 0 Å². The Labute approximate surface area is 67.6 Å². The molecule has 0 aliphatic carbocycles. The minimum absolute atomic E-state index is 0.0712. The van der Waals surface area contributed by atoms with Crippen LogP contribution in [0.3, 0.4) is 0 Å². The monoisotopic (exact) mass is 156 g/mol. The highest BCUT2D eigenvalue weighted by Crippen LogP contribution is 2.24. The van der Waals surface area contributed by atoms with E-state index in [0.717, 1.165) is 6.42 Å². The topological polar surface area (TPSA) is 47.6 Å². The molecule has 1 heterocycles. The van der Waals surface area contributed by atoms with E-state index in [1.54, 1.807) is 0 Å². The normalized spacial score (nSPS) is 30.4. The van der Waals surface area contributed by atoms with Crippen molar-refractivity contribution in [1.82, 2.24) is 0 Å². The van der Waals surface area contributed by atoms with Crippen LogP contribution in [0.15, 0.2) is 4.99 Å². The summed E-state index contributed by atoms with van der Waals surface area (Å²) in [7, 11) is 0. The Morgan fingerprint density at radius 1 is 1.73 bits per heavy atom. The van der Waals surface area contributed by atoms with Crippen LogP contribution in [0, 0.1) is 5.92 Å². The lowest BCUT2D eigenvalue weighted by Gasteiger charge is -2.19. The number of ether oxygens (including phenoxy) is 1. The van der Waals surface area contributed by atoms with E-state index in [9.17, 15) is 0 Å². The van der Waals surface area contributed by atoms with E-state index in [2.05, 4.69) is 25.8 Å². The summed E-state index contributed by atoms with van der Waals surface area (Å²) >= 11 is 0. The van der Waals surface area contributed by atoms with Crippen molar-refractivity contribution in [3.05, 3.63) is 0 Å². The standard InChI is InChI=1S/C8H16N2O/c1-6(2)4-8(3)5-11-7(9)10-8/h6H,4-5H2,1-3H3,(H2,9,10). The minimum atomic E-state index is -0.0712. The largest absolute Gasteiger partial charge is 0.463 e. The summed E-state index contributed by atoms with van der Waals surface area (Å²) in [5.41, 5.74) is 5.34. The van der Waals surface area contributed by atoms with Crippen molar-refractivity contribution in [1.29, 1.82) is 0 Å². The first-order chi connectivity index (χ1) is 5.02. The van der Waals surface area contributed by atoms with Gasteiger partial charge in [0.1, 0.15) is 6.61 Å². The van der Waals surface area contributed by atoms with Crippen LogP contribution in [0.2, 0.25) is 0 Å². The van der Waals surface area contributed by atoms with E-state index >= 15 is 0 Å². The zero-order chi connectivity index (χ0) is 8.48. The molecule has 11 heavy (non-hydrogen) atoms. The number of nitrogens with zero attached hydrogens (tertiary/aromatic N) is 1. The summed E-state index contributed by atoms with van der Waals surface area (Å²) in [5, 5.41) is 0. The van der Waals surface area contributed by atoms with Crippen LogP contribution in [-0.4, -0.2) is 18.2 Å². The molecular weight excluding hydrogens is 140 g/mol. The second-order valence-electron chi connectivity index (χ2n) is 3.83. The number of nitrogens with two attached hydrogens (primary N) is 1. The summed E-state index contributed by atoms with van der Waals surface area (Å²) in [6.07, 6.45) is 1.04. The average Bonchev–Trinajstić information content (AvgIpc) is 2.08. The van der Waals surface area contributed by atoms with E-state index in [4.69, 9.17) is 10.5 Å². The maximum absolute atomic E-state index is 5.41. The summed E-state index contributed by atoms with van der Waals surface area (Å²) in [4.78, 5) is 4.23. The first-order valence-corrected chi connectivity index (χ1v) is 4.00. The summed E-state index contributed by atoms with van der Waals surface area (Å²) in [5.74, 6) is 0.637. The van der Waals surface area contributed by atoms with Crippen LogP contribution >= 0.6 is 0 Å². The first-order valence-electron chi connectivity index (χ1n) is 4.00. The van der Waals surface area contributed by atoms with Crippen molar-refractivity contribution in [2.75, 3.05) is 6.61 Å². The SMILES string of the molecule is CC(C)CC1(C)COC(N)=N1. The van der Waals surface area contributed by atoms with Gasteiger partial charge in [0.25, 0.3) is 6.02 Å². The number of hydrogen-bond acceptors (Lipinski definition) is 3. The Balaban J connectivity index is 2.55. The molecule has 0 radical (unpaired) electrons. The lowest BCUT2D eigenvalue weighted by atomic mass is 9.93. The second kappa shape index (κ2) is 2.72. The molecule has 0 aromatic heterocycles. The van der Waals surface area contributed by atoms with Crippen LogP contribution in [-0.2, 0) is 4.74 Å². The Hall–Kier alpha value is -0.730. The lowest BCUT2D eigenvalue weighted by molar-refractivity contribution is 0.240. The molecule has 3 heteroatoms. The maximum atomic E-state index is 5.41. The van der Waals surface area contributed by atoms with Gasteiger partial charge < -0.3 is 10.5 Å². The Morgan fingerprint density at radius 2 is 2.36 bits per heavy atom. The molecule has 3 nitrogen and oxygen atoms in total. The smallest absolute Gasteiger partial charge is 0.282 e. The summed E-state index contributed by atoms with van der Waals surface area (Å²) in [6, 6.07) is 0.341. The van der Waals surface area contributed by atoms with Gasteiger partial charge in [0.05, 0.1) is 5.54 Å². The fraction of sp³-hybridized carbons (Fsp3) is 0.875. The molecule has 2 N–H and O–H groups in total. The number of hydrogen-bond donors (Lipinski definition) is 1. The molecule has 0 bridgehead atoms. The molecule has 1 unspecified atom stereocenters. The van der Waals surface area contributed by atoms with Gasteiger partial charge in [-0.15, -0.1) is 0 Å². The van der Waals surface area contributed by atoms with Gasteiger partial charge in [0, 0.05) is 0 Å². The van der Waals surface area contributed by atoms with Crippen LogP contribution in [0.5, 0.6) is 0 Å². The zero-order valence-corrected chi connectivity index (χ0v) is 7.42. The summed E-state index contributed by atoms with van der Waals surface area (Å²) in [6.45, 7) is 7.06. The van der Waals surface area contributed by atoms with Crippen molar-refractivity contribution in [2.24, 2.45) is 16.6 Å². The van der Waals surface area contributed by atoms with Crippen molar-refractivity contribution in [2.45, 2.75) is 32.7 Å². The molecule has 1 rings (SSSR count). The molecule has 0 amide bonds.